The van der Waals surface area contributed by atoms with Crippen molar-refractivity contribution in [2.45, 2.75) is 158 Å². The van der Waals surface area contributed by atoms with Gasteiger partial charge in [0.05, 0.1) is 42.0 Å². The summed E-state index contributed by atoms with van der Waals surface area (Å²) in [4.78, 5) is 44.3. The molecule has 10 aliphatic rings. The van der Waals surface area contributed by atoms with E-state index < -0.39 is 81.9 Å². The Bertz CT molecular complexity index is 1960. The molecule has 9 fully saturated rings. The molecule has 3 spiro atoms. The van der Waals surface area contributed by atoms with Gasteiger partial charge in [-0.1, -0.05) is 51.2 Å². The highest BCUT2D eigenvalue weighted by atomic mass is 16.7. The van der Waals surface area contributed by atoms with E-state index in [0.717, 1.165) is 71.0 Å². The molecule has 1 aromatic heterocycles. The Morgan fingerprint density at radius 1 is 0.918 bits per heavy atom. The van der Waals surface area contributed by atoms with Gasteiger partial charge in [0, 0.05) is 53.4 Å². The maximum absolute atomic E-state index is 15.6. The van der Waals surface area contributed by atoms with Gasteiger partial charge >= 0.3 is 11.9 Å². The molecular formula is C48H66N2O11. The first kappa shape index (κ1) is 41.1. The Morgan fingerprint density at radius 3 is 2.41 bits per heavy atom. The summed E-state index contributed by atoms with van der Waals surface area (Å²) in [5.41, 5.74) is -5.38. The smallest absolute Gasteiger partial charge is 0.339 e. The SMILES string of the molecule is CC1(C)O[C@H]2C3(CCCC3)C(=O)OC[C@@]23[C@@H]1C(=O)[C@@H](O)[C@]1(C2CCCCC2)[C@@H]3CC[C@@]2(C)[C@H](c3ccoc3C[C@H]([C@H](O)CO)[C@@H]3C=C[C@H]([C@H]4CNCN4)CC3)OC(=O)[C@H]3O[C@@]312. The van der Waals surface area contributed by atoms with Crippen LogP contribution in [0.1, 0.15) is 122 Å². The monoisotopic (exact) mass is 846 g/mol. The average Bonchev–Trinajstić information content (AvgIpc) is 3.76. The molecule has 6 heterocycles. The Hall–Kier alpha value is -2.65. The van der Waals surface area contributed by atoms with E-state index in [1.54, 1.807) is 6.26 Å². The molecule has 334 valence electrons. The van der Waals surface area contributed by atoms with Crippen molar-refractivity contribution in [1.29, 1.82) is 0 Å². The van der Waals surface area contributed by atoms with E-state index in [1.165, 1.54) is 0 Å². The third kappa shape index (κ3) is 5.23. The summed E-state index contributed by atoms with van der Waals surface area (Å²) in [6.07, 6.45) is 12.1. The van der Waals surface area contributed by atoms with E-state index >= 15 is 4.79 Å². The number of cyclic esters (lactones) is 2. The summed E-state index contributed by atoms with van der Waals surface area (Å²) in [7, 11) is 0. The Balaban J connectivity index is 1.01. The van der Waals surface area contributed by atoms with Crippen LogP contribution in [0.2, 0.25) is 0 Å². The lowest BCUT2D eigenvalue weighted by Crippen LogP contribution is -2.79. The second-order valence-corrected chi connectivity index (χ2v) is 21.9. The van der Waals surface area contributed by atoms with E-state index in [0.29, 0.717) is 55.4 Å². The number of carbonyl (C=O) groups excluding carboxylic acids is 3. The van der Waals surface area contributed by atoms with Crippen LogP contribution in [0.3, 0.4) is 0 Å². The molecule has 5 saturated heterocycles. The molecule has 0 aromatic carbocycles. The number of carbonyl (C=O) groups is 3. The fourth-order valence-corrected chi connectivity index (χ4v) is 16.8. The van der Waals surface area contributed by atoms with Crippen molar-refractivity contribution in [2.24, 2.45) is 57.2 Å². The van der Waals surface area contributed by atoms with Gasteiger partial charge in [0.2, 0.25) is 0 Å². The van der Waals surface area contributed by atoms with Crippen LogP contribution < -0.4 is 10.6 Å². The number of hydrogen-bond donors (Lipinski definition) is 5. The van der Waals surface area contributed by atoms with E-state index in [4.69, 9.17) is 23.4 Å². The van der Waals surface area contributed by atoms with Crippen LogP contribution in [0.15, 0.2) is 28.9 Å². The largest absolute Gasteiger partial charge is 0.469 e. The van der Waals surface area contributed by atoms with Crippen LogP contribution in [0.4, 0.5) is 0 Å². The zero-order valence-electron chi connectivity index (χ0n) is 36.1. The van der Waals surface area contributed by atoms with Gasteiger partial charge in [-0.25, -0.2) is 4.79 Å². The van der Waals surface area contributed by atoms with Gasteiger partial charge < -0.3 is 44.0 Å². The molecule has 0 radical (unpaired) electrons. The summed E-state index contributed by atoms with van der Waals surface area (Å²) in [6.45, 7) is 7.39. The molecule has 13 heteroatoms. The highest BCUT2D eigenvalue weighted by molar-refractivity contribution is 5.92. The second-order valence-electron chi connectivity index (χ2n) is 21.9. The fraction of sp³-hybridized carbons (Fsp3) is 0.812. The van der Waals surface area contributed by atoms with Gasteiger partial charge in [0.25, 0.3) is 0 Å². The molecule has 5 aliphatic heterocycles. The first-order valence-corrected chi connectivity index (χ1v) is 23.7. The summed E-state index contributed by atoms with van der Waals surface area (Å²) in [5.74, 6) is -1.59. The van der Waals surface area contributed by atoms with Gasteiger partial charge in [-0.05, 0) is 95.0 Å². The zero-order valence-corrected chi connectivity index (χ0v) is 36.1. The van der Waals surface area contributed by atoms with Crippen molar-refractivity contribution in [2.75, 3.05) is 26.4 Å². The number of aliphatic hydroxyl groups is 3. The van der Waals surface area contributed by atoms with E-state index in [9.17, 15) is 24.9 Å². The predicted molar refractivity (Wildman–Crippen MR) is 218 cm³/mol. The molecular weight excluding hydrogens is 781 g/mol. The van der Waals surface area contributed by atoms with Crippen LogP contribution in [0.5, 0.6) is 0 Å². The van der Waals surface area contributed by atoms with Crippen LogP contribution in [-0.4, -0.2) is 101 Å². The number of aliphatic hydroxyl groups excluding tert-OH is 3. The zero-order chi connectivity index (χ0) is 42.3. The number of epoxide rings is 1. The predicted octanol–water partition coefficient (Wildman–Crippen LogP) is 4.45. The molecule has 61 heavy (non-hydrogen) atoms. The lowest BCUT2D eigenvalue weighted by molar-refractivity contribution is -0.284. The molecule has 0 unspecified atom stereocenters. The minimum absolute atomic E-state index is 0.00288. The van der Waals surface area contributed by atoms with Crippen LogP contribution in [0.25, 0.3) is 0 Å². The number of ether oxygens (including phenoxy) is 4. The van der Waals surface area contributed by atoms with Crippen molar-refractivity contribution in [3.05, 3.63) is 35.8 Å². The molecule has 5 N–H and O–H groups in total. The van der Waals surface area contributed by atoms with Crippen LogP contribution in [0, 0.1) is 57.2 Å². The summed E-state index contributed by atoms with van der Waals surface area (Å²) < 4.78 is 33.4. The normalized spacial score (nSPS) is 46.8. The lowest BCUT2D eigenvalue weighted by atomic mass is 9.32. The molecule has 4 saturated carbocycles. The number of esters is 2. The molecule has 0 amide bonds. The topological polar surface area (TPSA) is 189 Å². The number of furan rings is 1. The fourth-order valence-electron chi connectivity index (χ4n) is 16.8. The van der Waals surface area contributed by atoms with E-state index in [1.807, 2.05) is 19.9 Å². The number of ketones is 1. The maximum atomic E-state index is 15.6. The highest BCUT2D eigenvalue weighted by Crippen LogP contribution is 2.83. The Kier molecular flexibility index (Phi) is 9.55. The van der Waals surface area contributed by atoms with Crippen LogP contribution >= 0.6 is 0 Å². The standard InChI is InChI=1S/C48H66N2O11/c1-43(2)36-35(53)37(54)47(28-9-5-4-6-10-28)34(46(36)24-58-42(56)45(41(46)61-43)17-7-8-18-45)15-19-44(3)38(59-40(55)39-48(44,47)60-39)29-16-20-57-33(29)21-30(32(52)23-51)26-11-13-27(14-12-26)31-22-49-25-50-31/h11,13,16,20,26-28,30-32,34,36-39,41,49-52,54H,4-10,12,14-15,17-19,21-25H2,1-3H3/t26-,27+,30+,31-,32-,34-,36-,37-,38+,39-,41+,44+,46-,47+,48-/m1/s1. The van der Waals surface area contributed by atoms with Crippen molar-refractivity contribution in [1.82, 2.24) is 10.6 Å². The van der Waals surface area contributed by atoms with Crippen molar-refractivity contribution >= 4 is 17.7 Å². The summed E-state index contributed by atoms with van der Waals surface area (Å²) >= 11 is 0. The second kappa shape index (κ2) is 14.2. The molecule has 1 aromatic rings. The number of fused-ring (bicyclic) bond motifs is 2. The van der Waals surface area contributed by atoms with Crippen LogP contribution in [-0.2, 0) is 39.8 Å². The van der Waals surface area contributed by atoms with Gasteiger partial charge in [-0.3, -0.25) is 14.9 Å². The number of rotatable bonds is 8. The third-order valence-electron chi connectivity index (χ3n) is 19.1. The van der Waals surface area contributed by atoms with Gasteiger partial charge in [0.15, 0.2) is 11.9 Å². The minimum Gasteiger partial charge on any atom is -0.469 e. The third-order valence-corrected chi connectivity index (χ3v) is 19.1. The molecule has 0 bridgehead atoms. The van der Waals surface area contributed by atoms with Gasteiger partial charge in [0.1, 0.15) is 30.2 Å². The number of nitrogens with one attached hydrogen (secondary N) is 2. The summed E-state index contributed by atoms with van der Waals surface area (Å²) in [5, 5.41) is 41.9. The first-order chi connectivity index (χ1) is 29.3. The summed E-state index contributed by atoms with van der Waals surface area (Å²) in [6, 6.07) is 2.23. The van der Waals surface area contributed by atoms with E-state index in [2.05, 4.69) is 29.7 Å². The van der Waals surface area contributed by atoms with Crippen molar-refractivity contribution in [3.8, 4) is 0 Å². The average molecular weight is 847 g/mol. The number of allylic oxidation sites excluding steroid dienone is 1. The maximum Gasteiger partial charge on any atom is 0.339 e. The van der Waals surface area contributed by atoms with E-state index in [-0.39, 0.29) is 42.0 Å². The lowest BCUT2D eigenvalue weighted by Gasteiger charge is -2.70. The molecule has 13 nitrogen and oxygen atoms in total. The molecule has 11 rings (SSSR count). The molecule has 15 atom stereocenters. The Morgan fingerprint density at radius 2 is 1.70 bits per heavy atom. The van der Waals surface area contributed by atoms with Gasteiger partial charge in [-0.2, -0.15) is 0 Å². The quantitative estimate of drug-likeness (QED) is 0.140. The van der Waals surface area contributed by atoms with Crippen molar-refractivity contribution in [3.63, 3.8) is 0 Å². The number of hydrogen-bond acceptors (Lipinski definition) is 13. The Labute approximate surface area is 358 Å². The van der Waals surface area contributed by atoms with Crippen molar-refractivity contribution < 1.29 is 53.1 Å². The molecule has 5 aliphatic carbocycles. The minimum atomic E-state index is -1.43. The van der Waals surface area contributed by atoms with Gasteiger partial charge in [-0.15, -0.1) is 0 Å². The number of Topliss-reactive ketones (excluding diaryl/α,β-unsaturated/α-hetero) is 1. The first-order valence-electron chi connectivity index (χ1n) is 23.7. The highest BCUT2D eigenvalue weighted by Gasteiger charge is 2.93.